The van der Waals surface area contributed by atoms with Crippen LogP contribution in [0.5, 0.6) is 0 Å². The molecular weight excluding hydrogens is 372 g/mol. The predicted molar refractivity (Wildman–Crippen MR) is 121 cm³/mol. The molecule has 0 bridgehead atoms. The third-order valence-electron chi connectivity index (χ3n) is 6.14. The molecule has 160 valence electrons. The van der Waals surface area contributed by atoms with Crippen LogP contribution >= 0.6 is 0 Å². The van der Waals surface area contributed by atoms with Crippen molar-refractivity contribution < 1.29 is 9.59 Å². The molecule has 2 aromatic carbocycles. The number of aryl methyl sites for hydroxylation is 1. The average molecular weight is 407 g/mol. The molecule has 30 heavy (non-hydrogen) atoms. The van der Waals surface area contributed by atoms with E-state index in [2.05, 4.69) is 5.32 Å². The van der Waals surface area contributed by atoms with Gasteiger partial charge in [0.25, 0.3) is 0 Å². The molecule has 1 aliphatic carbocycles. The van der Waals surface area contributed by atoms with E-state index < -0.39 is 6.04 Å². The van der Waals surface area contributed by atoms with Crippen LogP contribution < -0.4 is 5.32 Å². The third kappa shape index (κ3) is 5.94. The summed E-state index contributed by atoms with van der Waals surface area (Å²) in [7, 11) is 0. The second-order valence-corrected chi connectivity index (χ2v) is 8.38. The molecular formula is C26H34N2O2. The number of amides is 2. The highest BCUT2D eigenvalue weighted by molar-refractivity contribution is 5.88. The zero-order chi connectivity index (χ0) is 21.3. The molecule has 2 aromatic rings. The molecule has 2 amide bonds. The van der Waals surface area contributed by atoms with Gasteiger partial charge in [0.2, 0.25) is 11.8 Å². The Kier molecular flexibility index (Phi) is 8.06. The number of carbonyl (C=O) groups is 2. The van der Waals surface area contributed by atoms with Gasteiger partial charge in [-0.25, -0.2) is 0 Å². The molecule has 0 radical (unpaired) electrons. The lowest BCUT2D eigenvalue weighted by molar-refractivity contribution is -0.141. The Labute approximate surface area is 180 Å². The highest BCUT2D eigenvalue weighted by Crippen LogP contribution is 2.20. The molecule has 1 fully saturated rings. The predicted octanol–water partition coefficient (Wildman–Crippen LogP) is 4.79. The minimum absolute atomic E-state index is 0.00111. The quantitative estimate of drug-likeness (QED) is 0.685. The summed E-state index contributed by atoms with van der Waals surface area (Å²) < 4.78 is 0. The van der Waals surface area contributed by atoms with Crippen molar-refractivity contribution in [2.75, 3.05) is 0 Å². The Bertz CT molecular complexity index is 828. The number of nitrogens with zero attached hydrogens (tertiary/aromatic N) is 1. The molecule has 4 nitrogen and oxygen atoms in total. The van der Waals surface area contributed by atoms with Crippen molar-refractivity contribution >= 4 is 11.8 Å². The van der Waals surface area contributed by atoms with E-state index >= 15 is 0 Å². The smallest absolute Gasteiger partial charge is 0.243 e. The van der Waals surface area contributed by atoms with Gasteiger partial charge < -0.3 is 10.2 Å². The largest absolute Gasteiger partial charge is 0.352 e. The van der Waals surface area contributed by atoms with Gasteiger partial charge in [0.05, 0.1) is 6.42 Å². The van der Waals surface area contributed by atoms with Crippen molar-refractivity contribution in [3.8, 4) is 0 Å². The van der Waals surface area contributed by atoms with Gasteiger partial charge in [0.1, 0.15) is 6.04 Å². The summed E-state index contributed by atoms with van der Waals surface area (Å²) in [6.45, 7) is 4.46. The van der Waals surface area contributed by atoms with Gasteiger partial charge in [-0.05, 0) is 42.9 Å². The molecule has 0 aromatic heterocycles. The third-order valence-corrected chi connectivity index (χ3v) is 6.14. The Morgan fingerprint density at radius 2 is 1.67 bits per heavy atom. The number of carbonyl (C=O) groups excluding carboxylic acids is 2. The van der Waals surface area contributed by atoms with Crippen molar-refractivity contribution in [2.24, 2.45) is 0 Å². The number of rotatable bonds is 8. The lowest BCUT2D eigenvalue weighted by atomic mass is 9.95. The van der Waals surface area contributed by atoms with E-state index in [9.17, 15) is 9.59 Å². The van der Waals surface area contributed by atoms with E-state index in [0.29, 0.717) is 19.4 Å². The first-order valence-corrected chi connectivity index (χ1v) is 11.3. The van der Waals surface area contributed by atoms with Gasteiger partial charge in [-0.1, -0.05) is 80.8 Å². The van der Waals surface area contributed by atoms with E-state index in [4.69, 9.17) is 0 Å². The number of nitrogens with one attached hydrogen (secondary N) is 1. The van der Waals surface area contributed by atoms with Crippen LogP contribution in [-0.4, -0.2) is 28.8 Å². The lowest BCUT2D eigenvalue weighted by Gasteiger charge is -2.33. The molecule has 1 unspecified atom stereocenters. The average Bonchev–Trinajstić information content (AvgIpc) is 2.76. The Morgan fingerprint density at radius 1 is 1.00 bits per heavy atom. The molecule has 0 heterocycles. The number of benzene rings is 2. The topological polar surface area (TPSA) is 49.4 Å². The first kappa shape index (κ1) is 22.1. The lowest BCUT2D eigenvalue weighted by Crippen LogP contribution is -2.52. The fourth-order valence-corrected chi connectivity index (χ4v) is 4.32. The highest BCUT2D eigenvalue weighted by atomic mass is 16.2. The van der Waals surface area contributed by atoms with Crippen molar-refractivity contribution in [1.82, 2.24) is 10.2 Å². The summed E-state index contributed by atoms with van der Waals surface area (Å²) in [6.07, 6.45) is 6.58. The van der Waals surface area contributed by atoms with Gasteiger partial charge >= 0.3 is 0 Å². The zero-order valence-electron chi connectivity index (χ0n) is 18.3. The first-order chi connectivity index (χ1) is 14.6. The van der Waals surface area contributed by atoms with Crippen LogP contribution in [0.1, 0.15) is 62.1 Å². The van der Waals surface area contributed by atoms with E-state index in [-0.39, 0.29) is 17.9 Å². The normalized spacial score (nSPS) is 15.4. The summed E-state index contributed by atoms with van der Waals surface area (Å²) in [6, 6.07) is 17.7. The number of hydrogen-bond acceptors (Lipinski definition) is 2. The van der Waals surface area contributed by atoms with Gasteiger partial charge in [0, 0.05) is 12.6 Å². The van der Waals surface area contributed by atoms with Crippen molar-refractivity contribution in [2.45, 2.75) is 77.4 Å². The molecule has 1 N–H and O–H groups in total. The summed E-state index contributed by atoms with van der Waals surface area (Å²) in [5.41, 5.74) is 3.16. The van der Waals surface area contributed by atoms with Crippen molar-refractivity contribution in [3.05, 3.63) is 71.3 Å². The summed E-state index contributed by atoms with van der Waals surface area (Å²) in [5, 5.41) is 3.23. The van der Waals surface area contributed by atoms with Crippen molar-refractivity contribution in [3.63, 3.8) is 0 Å². The van der Waals surface area contributed by atoms with Crippen LogP contribution in [0.2, 0.25) is 0 Å². The van der Waals surface area contributed by atoms with Crippen LogP contribution in [0.3, 0.4) is 0 Å². The van der Waals surface area contributed by atoms with Crippen LogP contribution in [-0.2, 0) is 22.6 Å². The van der Waals surface area contributed by atoms with Gasteiger partial charge in [-0.3, -0.25) is 9.59 Å². The fraction of sp³-hybridized carbons (Fsp3) is 0.462. The maximum absolute atomic E-state index is 13.4. The van der Waals surface area contributed by atoms with Crippen molar-refractivity contribution in [1.29, 1.82) is 0 Å². The van der Waals surface area contributed by atoms with Crippen LogP contribution in [0.25, 0.3) is 0 Å². The molecule has 1 atom stereocenters. The maximum Gasteiger partial charge on any atom is 0.243 e. The zero-order valence-corrected chi connectivity index (χ0v) is 18.3. The molecule has 1 aliphatic rings. The second-order valence-electron chi connectivity index (χ2n) is 8.38. The van der Waals surface area contributed by atoms with Crippen LogP contribution in [0, 0.1) is 6.92 Å². The molecule has 0 spiro atoms. The molecule has 0 saturated heterocycles. The summed E-state index contributed by atoms with van der Waals surface area (Å²) in [4.78, 5) is 28.4. The summed E-state index contributed by atoms with van der Waals surface area (Å²) in [5.74, 6) is -0.0164. The number of hydrogen-bond donors (Lipinski definition) is 1. The summed E-state index contributed by atoms with van der Waals surface area (Å²) >= 11 is 0. The highest BCUT2D eigenvalue weighted by Gasteiger charge is 2.30. The van der Waals surface area contributed by atoms with E-state index in [0.717, 1.165) is 29.5 Å². The Morgan fingerprint density at radius 3 is 2.33 bits per heavy atom. The fourth-order valence-electron chi connectivity index (χ4n) is 4.32. The van der Waals surface area contributed by atoms with Crippen LogP contribution in [0.15, 0.2) is 54.6 Å². The van der Waals surface area contributed by atoms with E-state index in [1.165, 1.54) is 19.3 Å². The Hall–Kier alpha value is -2.62. The molecule has 4 heteroatoms. The molecule has 1 saturated carbocycles. The van der Waals surface area contributed by atoms with Gasteiger partial charge in [-0.2, -0.15) is 0 Å². The SMILES string of the molecule is CCC(C(=O)NC1CCCCC1)N(Cc1ccccc1)C(=O)Cc1ccccc1C. The standard InChI is InChI=1S/C26H34N2O2/c1-3-24(26(30)27-23-16-8-5-9-17-23)28(19-21-13-6-4-7-14-21)25(29)18-22-15-11-10-12-20(22)2/h4,6-7,10-15,23-24H,3,5,8-9,16-19H2,1-2H3,(H,27,30). The Balaban J connectivity index is 1.79. The van der Waals surface area contributed by atoms with Crippen LogP contribution in [0.4, 0.5) is 0 Å². The first-order valence-electron chi connectivity index (χ1n) is 11.3. The molecule has 0 aliphatic heterocycles. The minimum Gasteiger partial charge on any atom is -0.352 e. The maximum atomic E-state index is 13.4. The van der Waals surface area contributed by atoms with E-state index in [1.54, 1.807) is 4.90 Å². The molecule has 3 rings (SSSR count). The van der Waals surface area contributed by atoms with Gasteiger partial charge in [-0.15, -0.1) is 0 Å². The second kappa shape index (κ2) is 11.0. The van der Waals surface area contributed by atoms with E-state index in [1.807, 2.05) is 68.4 Å². The monoisotopic (exact) mass is 406 g/mol. The minimum atomic E-state index is -0.455. The van der Waals surface area contributed by atoms with Gasteiger partial charge in [0.15, 0.2) is 0 Å².